The van der Waals surface area contributed by atoms with Gasteiger partial charge in [-0.05, 0) is 25.1 Å². The number of carboxylic acid groups (broad SMARTS) is 1. The van der Waals surface area contributed by atoms with E-state index >= 15 is 0 Å². The molecule has 2 rings (SSSR count). The second-order valence-corrected chi connectivity index (χ2v) is 5.31. The molecule has 0 amide bonds. The van der Waals surface area contributed by atoms with Gasteiger partial charge in [-0.2, -0.15) is 13.2 Å². The fourth-order valence-electron chi connectivity index (χ4n) is 1.47. The first-order valence-electron chi connectivity index (χ1n) is 5.44. The van der Waals surface area contributed by atoms with Gasteiger partial charge in [0.05, 0.1) is 16.3 Å². The van der Waals surface area contributed by atoms with Crippen LogP contribution in [0.15, 0.2) is 18.2 Å². The van der Waals surface area contributed by atoms with Gasteiger partial charge in [-0.15, -0.1) is 0 Å². The zero-order valence-electron chi connectivity index (χ0n) is 10.4. The Morgan fingerprint density at radius 2 is 2.10 bits per heavy atom. The smallest absolute Gasteiger partial charge is 0.416 e. The van der Waals surface area contributed by atoms with Gasteiger partial charge < -0.3 is 9.84 Å². The summed E-state index contributed by atoms with van der Waals surface area (Å²) in [5.41, 5.74) is -0.709. The van der Waals surface area contributed by atoms with E-state index < -0.39 is 17.7 Å². The Morgan fingerprint density at radius 1 is 1.43 bits per heavy atom. The first-order chi connectivity index (χ1) is 9.68. The summed E-state index contributed by atoms with van der Waals surface area (Å²) in [7, 11) is 0. The summed E-state index contributed by atoms with van der Waals surface area (Å²) in [6.45, 7) is 1.46. The molecule has 0 saturated heterocycles. The first kappa shape index (κ1) is 15.6. The van der Waals surface area contributed by atoms with Crippen LogP contribution >= 0.6 is 22.9 Å². The number of alkyl halides is 3. The van der Waals surface area contributed by atoms with Gasteiger partial charge in [-0.3, -0.25) is 0 Å². The third kappa shape index (κ3) is 3.45. The minimum absolute atomic E-state index is 0.0345. The molecule has 9 heteroatoms. The van der Waals surface area contributed by atoms with E-state index in [0.717, 1.165) is 18.2 Å². The van der Waals surface area contributed by atoms with Crippen LogP contribution in [0.5, 0.6) is 10.9 Å². The fraction of sp³-hybridized carbons (Fsp3) is 0.167. The van der Waals surface area contributed by atoms with Gasteiger partial charge >= 0.3 is 12.1 Å². The van der Waals surface area contributed by atoms with E-state index in [1.807, 2.05) is 0 Å². The van der Waals surface area contributed by atoms with Crippen LogP contribution in [0.1, 0.15) is 20.9 Å². The fourth-order valence-corrected chi connectivity index (χ4v) is 2.39. The van der Waals surface area contributed by atoms with E-state index in [-0.39, 0.29) is 26.5 Å². The van der Waals surface area contributed by atoms with Gasteiger partial charge in [-0.25, -0.2) is 9.78 Å². The molecule has 0 spiro atoms. The molecule has 0 unspecified atom stereocenters. The summed E-state index contributed by atoms with van der Waals surface area (Å²) in [6.07, 6.45) is -4.53. The van der Waals surface area contributed by atoms with Crippen LogP contribution < -0.4 is 4.74 Å². The number of carbonyl (C=O) groups is 1. The van der Waals surface area contributed by atoms with Gasteiger partial charge in [0.15, 0.2) is 0 Å². The Bertz CT molecular complexity index is 700. The molecule has 21 heavy (non-hydrogen) atoms. The van der Waals surface area contributed by atoms with Crippen molar-refractivity contribution in [1.29, 1.82) is 0 Å². The van der Waals surface area contributed by atoms with Crippen LogP contribution in [0.3, 0.4) is 0 Å². The summed E-state index contributed by atoms with van der Waals surface area (Å²) in [6, 6.07) is 2.61. The summed E-state index contributed by atoms with van der Waals surface area (Å²) < 4.78 is 43.0. The second-order valence-electron chi connectivity index (χ2n) is 3.94. The van der Waals surface area contributed by atoms with Crippen molar-refractivity contribution in [2.45, 2.75) is 13.1 Å². The zero-order valence-corrected chi connectivity index (χ0v) is 11.9. The number of thiazole rings is 1. The molecule has 0 aliphatic heterocycles. The van der Waals surface area contributed by atoms with E-state index in [4.69, 9.17) is 21.4 Å². The molecule has 1 heterocycles. The standard InChI is InChI=1S/C12H7ClF3NO3S/c1-5-9(10(18)19)21-11(17-5)20-8-4-6(12(14,15)16)2-3-7(8)13/h2-4H,1H3,(H,18,19). The third-order valence-electron chi connectivity index (χ3n) is 2.43. The van der Waals surface area contributed by atoms with E-state index in [1.54, 1.807) is 0 Å². The van der Waals surface area contributed by atoms with Gasteiger partial charge in [0.2, 0.25) is 0 Å². The van der Waals surface area contributed by atoms with Gasteiger partial charge in [0.1, 0.15) is 10.6 Å². The number of rotatable bonds is 3. The van der Waals surface area contributed by atoms with Crippen molar-refractivity contribution in [3.8, 4) is 10.9 Å². The maximum Gasteiger partial charge on any atom is 0.416 e. The van der Waals surface area contributed by atoms with Gasteiger partial charge in [0.25, 0.3) is 5.19 Å². The van der Waals surface area contributed by atoms with Crippen LogP contribution in [0, 0.1) is 6.92 Å². The number of carboxylic acids is 1. The highest BCUT2D eigenvalue weighted by atomic mass is 35.5. The molecule has 112 valence electrons. The Kier molecular flexibility index (Phi) is 4.11. The van der Waals surface area contributed by atoms with Gasteiger partial charge in [-0.1, -0.05) is 22.9 Å². The molecule has 0 aliphatic carbocycles. The molecule has 0 radical (unpaired) electrons. The summed E-state index contributed by atoms with van der Waals surface area (Å²) in [5.74, 6) is -1.42. The Balaban J connectivity index is 2.35. The van der Waals surface area contributed by atoms with Crippen molar-refractivity contribution in [1.82, 2.24) is 4.98 Å². The zero-order chi connectivity index (χ0) is 15.8. The van der Waals surface area contributed by atoms with Crippen LogP contribution in [0.25, 0.3) is 0 Å². The van der Waals surface area contributed by atoms with Crippen LogP contribution in [-0.4, -0.2) is 16.1 Å². The SMILES string of the molecule is Cc1nc(Oc2cc(C(F)(F)F)ccc2Cl)sc1C(=O)O. The number of ether oxygens (including phenoxy) is 1. The lowest BCUT2D eigenvalue weighted by Crippen LogP contribution is -2.04. The van der Waals surface area contributed by atoms with Crippen molar-refractivity contribution in [3.63, 3.8) is 0 Å². The molecule has 0 aliphatic rings. The molecule has 0 fully saturated rings. The van der Waals surface area contributed by atoms with Crippen LogP contribution in [0.4, 0.5) is 13.2 Å². The van der Waals surface area contributed by atoms with Crippen LogP contribution in [0.2, 0.25) is 5.02 Å². The maximum absolute atomic E-state index is 12.6. The molecule has 4 nitrogen and oxygen atoms in total. The minimum Gasteiger partial charge on any atom is -0.477 e. The number of nitrogens with zero attached hydrogens (tertiary/aromatic N) is 1. The maximum atomic E-state index is 12.6. The van der Waals surface area contributed by atoms with Crippen LogP contribution in [-0.2, 0) is 6.18 Å². The first-order valence-corrected chi connectivity index (χ1v) is 6.63. The molecule has 1 aromatic carbocycles. The largest absolute Gasteiger partial charge is 0.477 e. The molecule has 0 saturated carbocycles. The molecule has 0 bridgehead atoms. The van der Waals surface area contributed by atoms with E-state index in [2.05, 4.69) is 4.98 Å². The number of aryl methyl sites for hydroxylation is 1. The van der Waals surface area contributed by atoms with Gasteiger partial charge in [0, 0.05) is 0 Å². The molecule has 0 atom stereocenters. The molecule has 1 aromatic heterocycles. The highest BCUT2D eigenvalue weighted by Crippen LogP contribution is 2.38. The minimum atomic E-state index is -4.53. The number of halogens is 4. The van der Waals surface area contributed by atoms with Crippen molar-refractivity contribution >= 4 is 28.9 Å². The van der Waals surface area contributed by atoms with Crippen molar-refractivity contribution in [2.75, 3.05) is 0 Å². The quantitative estimate of drug-likeness (QED) is 0.888. The topological polar surface area (TPSA) is 59.4 Å². The lowest BCUT2D eigenvalue weighted by molar-refractivity contribution is -0.137. The average Bonchev–Trinajstić information content (AvgIpc) is 2.72. The Hall–Kier alpha value is -1.80. The predicted molar refractivity (Wildman–Crippen MR) is 70.3 cm³/mol. The normalized spacial score (nSPS) is 11.5. The number of hydrogen-bond acceptors (Lipinski definition) is 4. The van der Waals surface area contributed by atoms with E-state index in [9.17, 15) is 18.0 Å². The van der Waals surface area contributed by atoms with Crippen molar-refractivity contribution in [3.05, 3.63) is 39.4 Å². The van der Waals surface area contributed by atoms with Crippen molar-refractivity contribution < 1.29 is 27.8 Å². The third-order valence-corrected chi connectivity index (χ3v) is 3.76. The molecular weight excluding hydrogens is 331 g/mol. The number of hydrogen-bond donors (Lipinski definition) is 1. The highest BCUT2D eigenvalue weighted by molar-refractivity contribution is 7.15. The summed E-state index contributed by atoms with van der Waals surface area (Å²) in [4.78, 5) is 14.7. The second kappa shape index (κ2) is 5.53. The summed E-state index contributed by atoms with van der Waals surface area (Å²) in [5, 5.41) is 8.76. The lowest BCUT2D eigenvalue weighted by atomic mass is 10.2. The molecular formula is C12H7ClF3NO3S. The Morgan fingerprint density at radius 3 is 2.62 bits per heavy atom. The predicted octanol–water partition coefficient (Wildman–Crippen LogP) is 4.61. The average molecular weight is 338 g/mol. The monoisotopic (exact) mass is 337 g/mol. The highest BCUT2D eigenvalue weighted by Gasteiger charge is 2.31. The van der Waals surface area contributed by atoms with E-state index in [1.165, 1.54) is 6.92 Å². The Labute approximate surface area is 125 Å². The molecule has 2 aromatic rings. The lowest BCUT2D eigenvalue weighted by Gasteiger charge is -2.09. The number of benzene rings is 1. The number of aromatic carboxylic acids is 1. The van der Waals surface area contributed by atoms with E-state index in [0.29, 0.717) is 11.3 Å². The number of aromatic nitrogens is 1. The summed E-state index contributed by atoms with van der Waals surface area (Å²) >= 11 is 6.49. The molecule has 1 N–H and O–H groups in total. The van der Waals surface area contributed by atoms with Crippen molar-refractivity contribution in [2.24, 2.45) is 0 Å².